The molecule has 1 fully saturated rings. The number of hydrazine groups is 1. The van der Waals surface area contributed by atoms with Gasteiger partial charge in [-0.25, -0.2) is 10.2 Å². The summed E-state index contributed by atoms with van der Waals surface area (Å²) in [5.41, 5.74) is 22.9. The molecule has 0 radical (unpaired) electrons. The van der Waals surface area contributed by atoms with Crippen LogP contribution in [0, 0.1) is 10.8 Å². The van der Waals surface area contributed by atoms with Gasteiger partial charge in [0.15, 0.2) is 5.96 Å². The molecule has 1 aromatic carbocycles. The number of guanidine groups is 1. The minimum Gasteiger partial charge on any atom is -0.508 e. The minimum atomic E-state index is -1.11. The Bertz CT molecular complexity index is 1190. The van der Waals surface area contributed by atoms with Crippen LogP contribution in [-0.2, 0) is 25.6 Å². The molecule has 4 atom stereocenters. The molecule has 0 aromatic heterocycles. The zero-order valence-electron chi connectivity index (χ0n) is 26.3. The van der Waals surface area contributed by atoms with Gasteiger partial charge in [-0.3, -0.25) is 19.4 Å². The Balaban J connectivity index is 2.06. The Morgan fingerprint density at radius 1 is 1.13 bits per heavy atom. The molecule has 0 unspecified atom stereocenters. The number of amides is 4. The minimum absolute atomic E-state index is 0.0514. The quantitative estimate of drug-likeness (QED) is 0.0235. The lowest BCUT2D eigenvalue weighted by Gasteiger charge is -2.30. The van der Waals surface area contributed by atoms with E-state index in [9.17, 15) is 29.2 Å². The molecule has 2 rings (SSSR count). The Morgan fingerprint density at radius 3 is 2.44 bits per heavy atom. The number of phenols is 1. The van der Waals surface area contributed by atoms with Gasteiger partial charge in [-0.1, -0.05) is 26.0 Å². The number of carbonyl (C=O) groups is 4. The average molecular weight is 634 g/mol. The van der Waals surface area contributed by atoms with Crippen LogP contribution in [0.25, 0.3) is 0 Å². The number of nitrogens with zero attached hydrogens (tertiary/aromatic N) is 3. The molecule has 1 aliphatic rings. The van der Waals surface area contributed by atoms with Crippen molar-refractivity contribution in [2.75, 3.05) is 26.3 Å². The monoisotopic (exact) mass is 633 g/mol. The normalized spacial score (nSPS) is 16.5. The molecular weight excluding hydrogens is 584 g/mol. The zero-order chi connectivity index (χ0) is 33.5. The van der Waals surface area contributed by atoms with Crippen molar-refractivity contribution in [1.82, 2.24) is 26.4 Å². The number of benzene rings is 1. The molecule has 1 aliphatic heterocycles. The SMILES string of the molecule is CCNC(=O)[C@@H]1CCCN1C(=O)[C@H](CCCN=C(N)N)NC(=O)[C@H](CC(C)C)NNC[N+](=O)C(=O)[C@@H](N)Cc1ccc(O)cc1. The van der Waals surface area contributed by atoms with Crippen molar-refractivity contribution in [2.24, 2.45) is 28.1 Å². The summed E-state index contributed by atoms with van der Waals surface area (Å²) < 4.78 is 0.160. The van der Waals surface area contributed by atoms with Crippen molar-refractivity contribution in [3.63, 3.8) is 0 Å². The number of likely N-dealkylation sites (N-methyl/N-ethyl adjacent to an activating group) is 1. The second kappa shape index (κ2) is 18.6. The van der Waals surface area contributed by atoms with E-state index >= 15 is 0 Å². The van der Waals surface area contributed by atoms with Gasteiger partial charge in [0.05, 0.1) is 4.76 Å². The van der Waals surface area contributed by atoms with Crippen LogP contribution in [0.5, 0.6) is 5.75 Å². The summed E-state index contributed by atoms with van der Waals surface area (Å²) in [4.78, 5) is 70.2. The molecule has 45 heavy (non-hydrogen) atoms. The van der Waals surface area contributed by atoms with E-state index in [-0.39, 0.29) is 53.6 Å². The van der Waals surface area contributed by atoms with Crippen molar-refractivity contribution in [1.29, 1.82) is 0 Å². The molecule has 16 nitrogen and oxygen atoms in total. The van der Waals surface area contributed by atoms with Crippen LogP contribution < -0.4 is 38.7 Å². The summed E-state index contributed by atoms with van der Waals surface area (Å²) in [6, 6.07) is 2.58. The fourth-order valence-corrected chi connectivity index (χ4v) is 5.01. The highest BCUT2D eigenvalue weighted by atomic mass is 16.3. The molecule has 0 aliphatic carbocycles. The van der Waals surface area contributed by atoms with Gasteiger partial charge in [0.1, 0.15) is 29.9 Å². The van der Waals surface area contributed by atoms with E-state index in [4.69, 9.17) is 17.2 Å². The fraction of sp³-hybridized carbons (Fsp3) is 0.621. The maximum atomic E-state index is 13.7. The highest BCUT2D eigenvalue weighted by Gasteiger charge is 2.38. The van der Waals surface area contributed by atoms with Gasteiger partial charge in [-0.2, -0.15) is 5.43 Å². The predicted molar refractivity (Wildman–Crippen MR) is 168 cm³/mol. The molecule has 250 valence electrons. The van der Waals surface area contributed by atoms with E-state index in [0.29, 0.717) is 44.3 Å². The van der Waals surface area contributed by atoms with Gasteiger partial charge in [-0.15, -0.1) is 0 Å². The Morgan fingerprint density at radius 2 is 1.82 bits per heavy atom. The van der Waals surface area contributed by atoms with Gasteiger partial charge in [-0.05, 0) is 62.6 Å². The van der Waals surface area contributed by atoms with E-state index in [0.717, 1.165) is 0 Å². The van der Waals surface area contributed by atoms with Gasteiger partial charge < -0.3 is 37.8 Å². The number of hydrogen-bond donors (Lipinski definition) is 8. The average Bonchev–Trinajstić information content (AvgIpc) is 3.48. The molecule has 1 heterocycles. The first-order valence-corrected chi connectivity index (χ1v) is 15.3. The molecule has 16 heteroatoms. The molecule has 0 saturated carbocycles. The predicted octanol–water partition coefficient (Wildman–Crippen LogP) is -1.30. The topological polar surface area (TPSA) is 250 Å². The molecular formula is C29H49N10O6+. The molecule has 0 spiro atoms. The van der Waals surface area contributed by atoms with Crippen LogP contribution >= 0.6 is 0 Å². The van der Waals surface area contributed by atoms with Gasteiger partial charge in [0, 0.05) is 31.0 Å². The second-order valence-corrected chi connectivity index (χ2v) is 11.4. The number of carbonyl (C=O) groups excluding carboxylic acids is 4. The van der Waals surface area contributed by atoms with E-state index in [2.05, 4.69) is 26.5 Å². The van der Waals surface area contributed by atoms with Crippen LogP contribution in [-0.4, -0.2) is 94.8 Å². The van der Waals surface area contributed by atoms with Crippen LogP contribution in [0.1, 0.15) is 58.4 Å². The molecule has 1 saturated heterocycles. The second-order valence-electron chi connectivity index (χ2n) is 11.4. The smallest absolute Gasteiger partial charge is 0.451 e. The zero-order valence-corrected chi connectivity index (χ0v) is 26.3. The van der Waals surface area contributed by atoms with E-state index < -0.39 is 42.7 Å². The Labute approximate surface area is 263 Å². The van der Waals surface area contributed by atoms with Crippen molar-refractivity contribution >= 4 is 29.6 Å². The number of aromatic hydroxyl groups is 1. The summed E-state index contributed by atoms with van der Waals surface area (Å²) >= 11 is 0. The lowest BCUT2D eigenvalue weighted by atomic mass is 10.0. The van der Waals surface area contributed by atoms with E-state index in [1.54, 1.807) is 19.1 Å². The number of nitrogens with two attached hydrogens (primary N) is 3. The van der Waals surface area contributed by atoms with Gasteiger partial charge in [0.25, 0.3) is 6.67 Å². The standard InChI is InChI=1S/C29H48N10O6/c1-4-33-26(42)24-8-6-14-38(24)28(44)22(7-5-13-34-29(31)32)36-25(41)23(15-18(2)3)37-35-17-39(45)27(43)21(30)16-19-9-11-20(40)12-10-19/h9-12,18,21-24,35,37H,4-8,13-17,30H2,1-3H3,(H6-,31,32,33,34,36,40,41,42)/p+1/t21-,22-,23-,24-/m0/s1. The number of nitroso groups, excluding NO2 is 1. The summed E-state index contributed by atoms with van der Waals surface area (Å²) in [7, 11) is 0. The van der Waals surface area contributed by atoms with Gasteiger partial charge in [0.2, 0.25) is 17.7 Å². The number of rotatable bonds is 18. The first-order chi connectivity index (χ1) is 21.3. The van der Waals surface area contributed by atoms with Crippen LogP contribution in [0.4, 0.5) is 0 Å². The molecule has 4 amide bonds. The van der Waals surface area contributed by atoms with Crippen LogP contribution in [0.2, 0.25) is 0 Å². The third-order valence-electron chi connectivity index (χ3n) is 7.23. The van der Waals surface area contributed by atoms with Crippen molar-refractivity contribution in [2.45, 2.75) is 83.5 Å². The Hall–Kier alpha value is -4.15. The molecule has 0 bridgehead atoms. The van der Waals surface area contributed by atoms with E-state index in [1.165, 1.54) is 17.0 Å². The highest BCUT2D eigenvalue weighted by Crippen LogP contribution is 2.20. The molecule has 11 N–H and O–H groups in total. The van der Waals surface area contributed by atoms with Crippen LogP contribution in [0.15, 0.2) is 29.3 Å². The lowest BCUT2D eigenvalue weighted by molar-refractivity contribution is -0.477. The first-order valence-electron chi connectivity index (χ1n) is 15.3. The van der Waals surface area contributed by atoms with Crippen molar-refractivity contribution in [3.05, 3.63) is 34.7 Å². The number of phenolic OH excluding ortho intramolecular Hbond substituents is 1. The first kappa shape index (κ1) is 37.0. The maximum absolute atomic E-state index is 13.7. The summed E-state index contributed by atoms with van der Waals surface area (Å²) in [6.07, 6.45) is 2.24. The Kier molecular flexibility index (Phi) is 15.3. The number of aliphatic imine (C=N–C) groups is 1. The summed E-state index contributed by atoms with van der Waals surface area (Å²) in [5.74, 6) is -1.94. The largest absolute Gasteiger partial charge is 0.508 e. The van der Waals surface area contributed by atoms with Gasteiger partial charge >= 0.3 is 5.91 Å². The van der Waals surface area contributed by atoms with Crippen molar-refractivity contribution in [3.8, 4) is 5.75 Å². The number of hydrogen-bond acceptors (Lipinski definition) is 10. The number of likely N-dealkylation sites (tertiary alicyclic amines) is 1. The summed E-state index contributed by atoms with van der Waals surface area (Å²) in [5, 5.41) is 15.0. The fourth-order valence-electron chi connectivity index (χ4n) is 5.01. The molecule has 1 aromatic rings. The van der Waals surface area contributed by atoms with E-state index in [1.807, 2.05) is 13.8 Å². The highest BCUT2D eigenvalue weighted by molar-refractivity contribution is 5.93. The lowest BCUT2D eigenvalue weighted by Crippen LogP contribution is -2.58. The number of nitrogens with one attached hydrogen (secondary N) is 4. The third-order valence-corrected chi connectivity index (χ3v) is 7.23. The summed E-state index contributed by atoms with van der Waals surface area (Å²) in [6.45, 7) is 6.20. The van der Waals surface area contributed by atoms with Crippen molar-refractivity contribution < 1.29 is 29.0 Å². The van der Waals surface area contributed by atoms with Crippen LogP contribution in [0.3, 0.4) is 0 Å². The third kappa shape index (κ3) is 12.4. The maximum Gasteiger partial charge on any atom is 0.451 e.